The lowest BCUT2D eigenvalue weighted by atomic mass is 10.2. The summed E-state index contributed by atoms with van der Waals surface area (Å²) in [5.41, 5.74) is 1.75. The Morgan fingerprint density at radius 2 is 2.33 bits per heavy atom. The van der Waals surface area contributed by atoms with Gasteiger partial charge in [-0.15, -0.1) is 0 Å². The van der Waals surface area contributed by atoms with E-state index in [9.17, 15) is 0 Å². The Hall–Kier alpha value is -1.35. The maximum Gasteiger partial charge on any atom is 0.141 e. The van der Waals surface area contributed by atoms with Crippen LogP contribution in [0.3, 0.4) is 0 Å². The first-order chi connectivity index (χ1) is 5.88. The minimum absolute atomic E-state index is 0.465. The standard InChI is InChI=1S/C8H6ClN3/c9-8-6(4-10-5-12-8)7-2-1-3-11-7/h1-5,11H. The zero-order chi connectivity index (χ0) is 8.39. The smallest absolute Gasteiger partial charge is 0.141 e. The van der Waals surface area contributed by atoms with Gasteiger partial charge in [0.2, 0.25) is 0 Å². The predicted molar refractivity (Wildman–Crippen MR) is 46.8 cm³/mol. The summed E-state index contributed by atoms with van der Waals surface area (Å²) >= 11 is 5.84. The molecule has 0 spiro atoms. The van der Waals surface area contributed by atoms with Gasteiger partial charge in [-0.25, -0.2) is 9.97 Å². The Bertz CT molecular complexity index is 370. The fourth-order valence-electron chi connectivity index (χ4n) is 0.993. The molecular formula is C8H6ClN3. The highest BCUT2D eigenvalue weighted by Crippen LogP contribution is 2.22. The molecule has 0 aliphatic carbocycles. The quantitative estimate of drug-likeness (QED) is 0.682. The largest absolute Gasteiger partial charge is 0.361 e. The van der Waals surface area contributed by atoms with Crippen molar-refractivity contribution in [3.8, 4) is 11.3 Å². The molecule has 60 valence electrons. The van der Waals surface area contributed by atoms with Crippen LogP contribution >= 0.6 is 11.6 Å². The van der Waals surface area contributed by atoms with Crippen molar-refractivity contribution in [2.45, 2.75) is 0 Å². The first kappa shape index (κ1) is 7.31. The molecule has 2 aromatic heterocycles. The molecule has 0 aromatic carbocycles. The van der Waals surface area contributed by atoms with E-state index in [1.807, 2.05) is 18.3 Å². The molecular weight excluding hydrogens is 174 g/mol. The number of aromatic amines is 1. The first-order valence-corrected chi connectivity index (χ1v) is 3.85. The summed E-state index contributed by atoms with van der Waals surface area (Å²) in [6.07, 6.45) is 4.94. The van der Waals surface area contributed by atoms with Crippen LogP contribution in [0, 0.1) is 0 Å². The van der Waals surface area contributed by atoms with Crippen LogP contribution in [0.1, 0.15) is 0 Å². The fourth-order valence-corrected chi connectivity index (χ4v) is 1.19. The van der Waals surface area contributed by atoms with E-state index >= 15 is 0 Å². The van der Waals surface area contributed by atoms with Crippen LogP contribution < -0.4 is 0 Å². The topological polar surface area (TPSA) is 41.6 Å². The normalized spacial score (nSPS) is 10.1. The van der Waals surface area contributed by atoms with Crippen LogP contribution in [0.2, 0.25) is 5.15 Å². The maximum absolute atomic E-state index is 5.84. The van der Waals surface area contributed by atoms with Crippen LogP contribution in [-0.2, 0) is 0 Å². The third kappa shape index (κ3) is 1.19. The molecule has 0 radical (unpaired) electrons. The van der Waals surface area contributed by atoms with Crippen molar-refractivity contribution in [2.75, 3.05) is 0 Å². The zero-order valence-corrected chi connectivity index (χ0v) is 6.92. The third-order valence-electron chi connectivity index (χ3n) is 1.55. The Balaban J connectivity index is 2.55. The molecule has 0 unspecified atom stereocenters. The number of H-pyrrole nitrogens is 1. The summed E-state index contributed by atoms with van der Waals surface area (Å²) in [6.45, 7) is 0. The van der Waals surface area contributed by atoms with Crippen LogP contribution in [0.4, 0.5) is 0 Å². The summed E-state index contributed by atoms with van der Waals surface area (Å²) in [5.74, 6) is 0. The maximum atomic E-state index is 5.84. The molecule has 0 bridgehead atoms. The molecule has 3 nitrogen and oxygen atoms in total. The fraction of sp³-hybridized carbons (Fsp3) is 0. The number of rotatable bonds is 1. The monoisotopic (exact) mass is 179 g/mol. The van der Waals surface area contributed by atoms with Crippen molar-refractivity contribution in [2.24, 2.45) is 0 Å². The minimum Gasteiger partial charge on any atom is -0.361 e. The van der Waals surface area contributed by atoms with Gasteiger partial charge in [-0.3, -0.25) is 0 Å². The molecule has 0 saturated carbocycles. The van der Waals surface area contributed by atoms with Gasteiger partial charge in [0.1, 0.15) is 11.5 Å². The lowest BCUT2D eigenvalue weighted by molar-refractivity contribution is 1.16. The van der Waals surface area contributed by atoms with Crippen LogP contribution in [0.15, 0.2) is 30.9 Å². The lowest BCUT2D eigenvalue weighted by Crippen LogP contribution is -1.84. The number of halogens is 1. The van der Waals surface area contributed by atoms with Gasteiger partial charge in [0.15, 0.2) is 0 Å². The summed E-state index contributed by atoms with van der Waals surface area (Å²) in [4.78, 5) is 10.8. The molecule has 0 saturated heterocycles. The van der Waals surface area contributed by atoms with Crippen molar-refractivity contribution in [1.29, 1.82) is 0 Å². The first-order valence-electron chi connectivity index (χ1n) is 3.47. The van der Waals surface area contributed by atoms with Gasteiger partial charge >= 0.3 is 0 Å². The second-order valence-electron chi connectivity index (χ2n) is 2.31. The Labute approximate surface area is 74.4 Å². The molecule has 0 aliphatic rings. The van der Waals surface area contributed by atoms with Crippen molar-refractivity contribution >= 4 is 11.6 Å². The molecule has 4 heteroatoms. The second-order valence-corrected chi connectivity index (χ2v) is 2.67. The SMILES string of the molecule is Clc1ncncc1-c1ccc[nH]1. The van der Waals surface area contributed by atoms with Gasteiger partial charge in [-0.2, -0.15) is 0 Å². The van der Waals surface area contributed by atoms with E-state index in [-0.39, 0.29) is 0 Å². The highest BCUT2D eigenvalue weighted by Gasteiger charge is 2.03. The van der Waals surface area contributed by atoms with Crippen LogP contribution in [-0.4, -0.2) is 15.0 Å². The van der Waals surface area contributed by atoms with Gasteiger partial charge in [-0.1, -0.05) is 11.6 Å². The Morgan fingerprint density at radius 1 is 1.42 bits per heavy atom. The summed E-state index contributed by atoms with van der Waals surface area (Å²) < 4.78 is 0. The predicted octanol–water partition coefficient (Wildman–Crippen LogP) is 2.13. The van der Waals surface area contributed by atoms with E-state index in [1.54, 1.807) is 6.20 Å². The van der Waals surface area contributed by atoms with E-state index in [0.717, 1.165) is 11.3 Å². The average Bonchev–Trinajstić information content (AvgIpc) is 2.57. The minimum atomic E-state index is 0.465. The Morgan fingerprint density at radius 3 is 3.00 bits per heavy atom. The average molecular weight is 180 g/mol. The highest BCUT2D eigenvalue weighted by molar-refractivity contribution is 6.31. The summed E-state index contributed by atoms with van der Waals surface area (Å²) in [6, 6.07) is 3.82. The van der Waals surface area contributed by atoms with Gasteiger partial charge in [-0.05, 0) is 12.1 Å². The summed E-state index contributed by atoms with van der Waals surface area (Å²) in [5, 5.41) is 0.465. The van der Waals surface area contributed by atoms with Crippen LogP contribution in [0.25, 0.3) is 11.3 Å². The van der Waals surface area contributed by atoms with Crippen molar-refractivity contribution < 1.29 is 0 Å². The molecule has 1 N–H and O–H groups in total. The number of nitrogens with one attached hydrogen (secondary N) is 1. The number of hydrogen-bond acceptors (Lipinski definition) is 2. The molecule has 0 amide bonds. The molecule has 2 aromatic rings. The number of nitrogens with zero attached hydrogens (tertiary/aromatic N) is 2. The van der Waals surface area contributed by atoms with Crippen molar-refractivity contribution in [1.82, 2.24) is 15.0 Å². The van der Waals surface area contributed by atoms with E-state index in [4.69, 9.17) is 11.6 Å². The van der Waals surface area contributed by atoms with E-state index in [1.165, 1.54) is 6.33 Å². The van der Waals surface area contributed by atoms with Gasteiger partial charge in [0, 0.05) is 12.4 Å². The van der Waals surface area contributed by atoms with Gasteiger partial charge in [0.05, 0.1) is 11.3 Å². The van der Waals surface area contributed by atoms with Crippen molar-refractivity contribution in [3.63, 3.8) is 0 Å². The van der Waals surface area contributed by atoms with Crippen molar-refractivity contribution in [3.05, 3.63) is 36.0 Å². The van der Waals surface area contributed by atoms with E-state index in [2.05, 4.69) is 15.0 Å². The molecule has 0 aliphatic heterocycles. The van der Waals surface area contributed by atoms with E-state index < -0.39 is 0 Å². The number of hydrogen-bond donors (Lipinski definition) is 1. The molecule has 12 heavy (non-hydrogen) atoms. The van der Waals surface area contributed by atoms with Crippen LogP contribution in [0.5, 0.6) is 0 Å². The molecule has 0 fully saturated rings. The second kappa shape index (κ2) is 2.95. The molecule has 2 heterocycles. The van der Waals surface area contributed by atoms with Gasteiger partial charge in [0.25, 0.3) is 0 Å². The molecule has 0 atom stereocenters. The molecule has 2 rings (SSSR count). The summed E-state index contributed by atoms with van der Waals surface area (Å²) in [7, 11) is 0. The Kier molecular flexibility index (Phi) is 1.80. The zero-order valence-electron chi connectivity index (χ0n) is 6.16. The lowest BCUT2D eigenvalue weighted by Gasteiger charge is -1.97. The third-order valence-corrected chi connectivity index (χ3v) is 1.85. The number of aromatic nitrogens is 3. The van der Waals surface area contributed by atoms with Gasteiger partial charge < -0.3 is 4.98 Å². The van der Waals surface area contributed by atoms with E-state index in [0.29, 0.717) is 5.15 Å². The highest BCUT2D eigenvalue weighted by atomic mass is 35.5.